The highest BCUT2D eigenvalue weighted by Gasteiger charge is 2.42. The van der Waals surface area contributed by atoms with Gasteiger partial charge in [0.1, 0.15) is 0 Å². The molecule has 0 spiro atoms. The molecule has 1 N–H and O–H groups in total. The Morgan fingerprint density at radius 2 is 1.95 bits per heavy atom. The maximum atomic E-state index is 11.8. The third-order valence-corrected chi connectivity index (χ3v) is 4.69. The first-order valence-electron chi connectivity index (χ1n) is 6.46. The van der Waals surface area contributed by atoms with Crippen LogP contribution in [0.4, 0.5) is 0 Å². The number of carboxylic acid groups (broad SMARTS) is 1. The van der Waals surface area contributed by atoms with E-state index in [0.717, 1.165) is 29.3 Å². The molecule has 0 aromatic heterocycles. The van der Waals surface area contributed by atoms with Gasteiger partial charge >= 0.3 is 5.97 Å². The normalized spacial score (nSPS) is 20.3. The van der Waals surface area contributed by atoms with Crippen molar-refractivity contribution in [3.63, 3.8) is 0 Å². The van der Waals surface area contributed by atoms with Crippen molar-refractivity contribution in [2.45, 2.75) is 37.5 Å². The van der Waals surface area contributed by atoms with Crippen LogP contribution in [0.3, 0.4) is 0 Å². The van der Waals surface area contributed by atoms with Crippen molar-refractivity contribution in [1.29, 1.82) is 0 Å². The van der Waals surface area contributed by atoms with Gasteiger partial charge in [-0.15, -0.1) is 0 Å². The molecule has 1 heterocycles. The first-order valence-corrected chi connectivity index (χ1v) is 7.26. The molecule has 1 fully saturated rings. The van der Waals surface area contributed by atoms with Gasteiger partial charge < -0.3 is 14.6 Å². The highest BCUT2D eigenvalue weighted by Crippen LogP contribution is 2.46. The number of carbonyl (C=O) groups is 1. The first-order chi connectivity index (χ1) is 9.13. The number of rotatable bonds is 2. The van der Waals surface area contributed by atoms with Gasteiger partial charge in [-0.3, -0.25) is 4.79 Å². The number of halogens is 1. The summed E-state index contributed by atoms with van der Waals surface area (Å²) >= 11 is 3.44. The molecule has 0 radical (unpaired) electrons. The van der Waals surface area contributed by atoms with Crippen molar-refractivity contribution < 1.29 is 19.4 Å². The van der Waals surface area contributed by atoms with Crippen molar-refractivity contribution in [2.24, 2.45) is 0 Å². The summed E-state index contributed by atoms with van der Waals surface area (Å²) in [5, 5.41) is 9.69. The van der Waals surface area contributed by atoms with Gasteiger partial charge in [-0.25, -0.2) is 0 Å². The zero-order chi connectivity index (χ0) is 13.5. The summed E-state index contributed by atoms with van der Waals surface area (Å²) in [6.07, 6.45) is 4.40. The van der Waals surface area contributed by atoms with Gasteiger partial charge in [0, 0.05) is 0 Å². The number of aliphatic carboxylic acids is 1. The van der Waals surface area contributed by atoms with Crippen LogP contribution in [0.15, 0.2) is 16.6 Å². The molecule has 1 aromatic rings. The lowest BCUT2D eigenvalue weighted by Crippen LogP contribution is -2.37. The number of fused-ring (bicyclic) bond motifs is 1. The van der Waals surface area contributed by atoms with Crippen molar-refractivity contribution in [2.75, 3.05) is 6.79 Å². The van der Waals surface area contributed by atoms with Crippen molar-refractivity contribution in [1.82, 2.24) is 0 Å². The number of hydrogen-bond donors (Lipinski definition) is 1. The highest BCUT2D eigenvalue weighted by molar-refractivity contribution is 9.10. The van der Waals surface area contributed by atoms with Gasteiger partial charge in [-0.05, 0) is 46.5 Å². The van der Waals surface area contributed by atoms with Crippen LogP contribution >= 0.6 is 15.9 Å². The van der Waals surface area contributed by atoms with E-state index < -0.39 is 11.4 Å². The molecule has 5 heteroatoms. The summed E-state index contributed by atoms with van der Waals surface area (Å²) in [6, 6.07) is 3.69. The van der Waals surface area contributed by atoms with Crippen LogP contribution in [0.2, 0.25) is 0 Å². The van der Waals surface area contributed by atoms with Gasteiger partial charge in [0.15, 0.2) is 11.5 Å². The van der Waals surface area contributed by atoms with Gasteiger partial charge in [-0.1, -0.05) is 19.3 Å². The number of carboxylic acids is 1. The molecule has 1 aliphatic heterocycles. The van der Waals surface area contributed by atoms with E-state index in [2.05, 4.69) is 15.9 Å². The largest absolute Gasteiger partial charge is 0.481 e. The molecule has 0 bridgehead atoms. The summed E-state index contributed by atoms with van der Waals surface area (Å²) in [6.45, 7) is 0.192. The maximum absolute atomic E-state index is 11.8. The fraction of sp³-hybridized carbons (Fsp3) is 0.500. The predicted molar refractivity (Wildman–Crippen MR) is 72.7 cm³/mol. The number of benzene rings is 1. The van der Waals surface area contributed by atoms with Gasteiger partial charge in [0.05, 0.1) is 9.89 Å². The van der Waals surface area contributed by atoms with Crippen LogP contribution in [0.5, 0.6) is 11.5 Å². The minimum atomic E-state index is -0.776. The Kier molecular flexibility index (Phi) is 3.17. The Hall–Kier alpha value is -1.23. The molecule has 1 saturated carbocycles. The summed E-state index contributed by atoms with van der Waals surface area (Å²) in [5.41, 5.74) is 0.0395. The minimum Gasteiger partial charge on any atom is -0.481 e. The molecule has 1 aliphatic carbocycles. The molecule has 0 unspecified atom stereocenters. The van der Waals surface area contributed by atoms with Crippen LogP contribution in [0.1, 0.15) is 37.7 Å². The lowest BCUT2D eigenvalue weighted by Gasteiger charge is -2.33. The van der Waals surface area contributed by atoms with Gasteiger partial charge in [0.2, 0.25) is 6.79 Å². The van der Waals surface area contributed by atoms with Crippen LogP contribution in [0, 0.1) is 0 Å². The van der Waals surface area contributed by atoms with E-state index in [1.807, 2.05) is 12.1 Å². The Morgan fingerprint density at radius 1 is 1.21 bits per heavy atom. The Morgan fingerprint density at radius 3 is 2.63 bits per heavy atom. The lowest BCUT2D eigenvalue weighted by molar-refractivity contribution is -0.145. The van der Waals surface area contributed by atoms with Gasteiger partial charge in [0.25, 0.3) is 0 Å². The molecule has 102 valence electrons. The molecule has 4 nitrogen and oxygen atoms in total. The van der Waals surface area contributed by atoms with E-state index in [-0.39, 0.29) is 6.79 Å². The number of ether oxygens (including phenoxy) is 2. The Bertz CT molecular complexity index is 520. The topological polar surface area (TPSA) is 55.8 Å². The second-order valence-corrected chi connectivity index (χ2v) is 5.99. The second-order valence-electron chi connectivity index (χ2n) is 5.14. The smallest absolute Gasteiger partial charge is 0.314 e. The predicted octanol–water partition coefficient (Wildman–Crippen LogP) is 3.46. The maximum Gasteiger partial charge on any atom is 0.314 e. The minimum absolute atomic E-state index is 0.192. The summed E-state index contributed by atoms with van der Waals surface area (Å²) in [5.74, 6) is 0.564. The van der Waals surface area contributed by atoms with E-state index >= 15 is 0 Å². The highest BCUT2D eigenvalue weighted by atomic mass is 79.9. The lowest BCUT2D eigenvalue weighted by atomic mass is 9.69. The van der Waals surface area contributed by atoms with Crippen LogP contribution in [0.25, 0.3) is 0 Å². The third kappa shape index (κ3) is 2.00. The summed E-state index contributed by atoms with van der Waals surface area (Å²) in [7, 11) is 0. The third-order valence-electron chi connectivity index (χ3n) is 4.10. The molecule has 0 amide bonds. The molecule has 3 rings (SSSR count). The standard InChI is InChI=1S/C14H15BrO4/c15-10-6-9(7-11-12(10)19-8-18-11)14(13(16)17)4-2-1-3-5-14/h6-7H,1-5,8H2,(H,16,17). The molecule has 2 aliphatic rings. The Labute approximate surface area is 119 Å². The summed E-state index contributed by atoms with van der Waals surface area (Å²) in [4.78, 5) is 11.8. The molecule has 19 heavy (non-hydrogen) atoms. The van der Waals surface area contributed by atoms with E-state index in [1.54, 1.807) is 0 Å². The quantitative estimate of drug-likeness (QED) is 0.904. The zero-order valence-corrected chi connectivity index (χ0v) is 12.0. The Balaban J connectivity index is 2.08. The molecular formula is C14H15BrO4. The fourth-order valence-corrected chi connectivity index (χ4v) is 3.58. The van der Waals surface area contributed by atoms with E-state index in [0.29, 0.717) is 24.3 Å². The molecule has 0 saturated heterocycles. The summed E-state index contributed by atoms with van der Waals surface area (Å²) < 4.78 is 11.5. The zero-order valence-electron chi connectivity index (χ0n) is 10.4. The average Bonchev–Trinajstić information content (AvgIpc) is 2.88. The van der Waals surface area contributed by atoms with Crippen molar-refractivity contribution in [3.8, 4) is 11.5 Å². The van der Waals surface area contributed by atoms with Crippen LogP contribution in [-0.4, -0.2) is 17.9 Å². The van der Waals surface area contributed by atoms with Crippen LogP contribution < -0.4 is 9.47 Å². The SMILES string of the molecule is O=C(O)C1(c2cc(Br)c3c(c2)OCO3)CCCCC1. The van der Waals surface area contributed by atoms with Crippen molar-refractivity contribution >= 4 is 21.9 Å². The van der Waals surface area contributed by atoms with Crippen molar-refractivity contribution in [3.05, 3.63) is 22.2 Å². The monoisotopic (exact) mass is 326 g/mol. The fourth-order valence-electron chi connectivity index (χ4n) is 3.03. The molecule has 1 aromatic carbocycles. The average molecular weight is 327 g/mol. The molecular weight excluding hydrogens is 312 g/mol. The first kappa shape index (κ1) is 12.8. The van der Waals surface area contributed by atoms with Gasteiger partial charge in [-0.2, -0.15) is 0 Å². The van der Waals surface area contributed by atoms with E-state index in [9.17, 15) is 9.90 Å². The second kappa shape index (κ2) is 4.71. The van der Waals surface area contributed by atoms with E-state index in [1.165, 1.54) is 0 Å². The molecule has 0 atom stereocenters. The number of hydrogen-bond acceptors (Lipinski definition) is 3. The van der Waals surface area contributed by atoms with Crippen LogP contribution in [-0.2, 0) is 10.2 Å². The van der Waals surface area contributed by atoms with E-state index in [4.69, 9.17) is 9.47 Å².